The molecule has 0 saturated heterocycles. The van der Waals surface area contributed by atoms with E-state index in [1.54, 1.807) is 13.4 Å². The highest BCUT2D eigenvalue weighted by molar-refractivity contribution is 5.43. The number of allylic oxidation sites excluding steroid dienone is 3. The smallest absolute Gasteiger partial charge is 0.150 e. The molecule has 0 amide bonds. The SMILES string of the molecule is CC.COc1ccc(C2OC=C3C=C(CCC4=CC(F)=CNC4)N(OF)C32)cc1C. The first-order valence-corrected chi connectivity index (χ1v) is 10.2. The highest BCUT2D eigenvalue weighted by Gasteiger charge is 2.43. The van der Waals surface area contributed by atoms with Gasteiger partial charge in [0.05, 0.1) is 13.4 Å². The van der Waals surface area contributed by atoms with Gasteiger partial charge >= 0.3 is 0 Å². The number of nitrogens with one attached hydrogen (secondary N) is 1. The van der Waals surface area contributed by atoms with Crippen molar-refractivity contribution in [2.75, 3.05) is 13.7 Å². The van der Waals surface area contributed by atoms with Crippen molar-refractivity contribution in [1.29, 1.82) is 0 Å². The van der Waals surface area contributed by atoms with E-state index in [2.05, 4.69) is 10.4 Å². The van der Waals surface area contributed by atoms with Crippen molar-refractivity contribution in [3.8, 4) is 5.75 Å². The van der Waals surface area contributed by atoms with Crippen LogP contribution in [0.1, 0.15) is 43.9 Å². The summed E-state index contributed by atoms with van der Waals surface area (Å²) in [5, 5.41) is 8.36. The number of hydrogen-bond donors (Lipinski definition) is 1. The molecule has 3 aliphatic heterocycles. The normalized spacial score (nSPS) is 21.9. The van der Waals surface area contributed by atoms with Gasteiger partial charge in [0.25, 0.3) is 0 Å². The minimum atomic E-state index is -0.400. The van der Waals surface area contributed by atoms with Crippen LogP contribution < -0.4 is 10.1 Å². The van der Waals surface area contributed by atoms with Gasteiger partial charge < -0.3 is 14.8 Å². The summed E-state index contributed by atoms with van der Waals surface area (Å²) in [5.74, 6) is 0.484. The van der Waals surface area contributed by atoms with Crippen LogP contribution in [0.15, 0.2) is 65.5 Å². The first-order valence-electron chi connectivity index (χ1n) is 10.2. The van der Waals surface area contributed by atoms with Gasteiger partial charge in [0.1, 0.15) is 23.7 Å². The fourth-order valence-corrected chi connectivity index (χ4v) is 3.91. The fraction of sp³-hybridized carbons (Fsp3) is 0.391. The molecule has 4 rings (SSSR count). The third-order valence-corrected chi connectivity index (χ3v) is 5.28. The average molecular weight is 418 g/mol. The van der Waals surface area contributed by atoms with Gasteiger partial charge in [0.15, 0.2) is 0 Å². The molecule has 1 aromatic rings. The van der Waals surface area contributed by atoms with E-state index in [9.17, 15) is 8.92 Å². The Morgan fingerprint density at radius 3 is 2.70 bits per heavy atom. The molecule has 2 atom stereocenters. The topological polar surface area (TPSA) is 43.0 Å². The number of hydroxylamine groups is 2. The van der Waals surface area contributed by atoms with E-state index in [0.29, 0.717) is 25.1 Å². The lowest BCUT2D eigenvalue weighted by atomic mass is 9.98. The van der Waals surface area contributed by atoms with Gasteiger partial charge in [-0.2, -0.15) is 0 Å². The van der Waals surface area contributed by atoms with Gasteiger partial charge in [0, 0.05) is 24.0 Å². The molecule has 5 nitrogen and oxygen atoms in total. The number of methoxy groups -OCH3 is 1. The van der Waals surface area contributed by atoms with Crippen LogP contribution in [0.3, 0.4) is 0 Å². The molecule has 0 spiro atoms. The number of dihydropyridines is 1. The van der Waals surface area contributed by atoms with E-state index >= 15 is 0 Å². The molecule has 0 aromatic heterocycles. The zero-order valence-electron chi connectivity index (χ0n) is 17.7. The zero-order chi connectivity index (χ0) is 21.7. The molecule has 0 radical (unpaired) electrons. The minimum absolute atomic E-state index is 0.303. The predicted molar refractivity (Wildman–Crippen MR) is 111 cm³/mol. The molecule has 1 N–H and O–H groups in total. The summed E-state index contributed by atoms with van der Waals surface area (Å²) in [6.45, 7) is 6.53. The zero-order valence-corrected chi connectivity index (χ0v) is 17.7. The third kappa shape index (κ3) is 4.36. The molecule has 162 valence electrons. The lowest BCUT2D eigenvalue weighted by molar-refractivity contribution is -0.319. The summed E-state index contributed by atoms with van der Waals surface area (Å²) in [7, 11) is 1.62. The third-order valence-electron chi connectivity index (χ3n) is 5.28. The molecular formula is C23H28F2N2O3. The quantitative estimate of drug-likeness (QED) is 0.662. The number of ether oxygens (including phenoxy) is 2. The van der Waals surface area contributed by atoms with Crippen LogP contribution >= 0.6 is 0 Å². The molecule has 3 heterocycles. The summed E-state index contributed by atoms with van der Waals surface area (Å²) in [4.78, 5) is 0. The monoisotopic (exact) mass is 418 g/mol. The number of fused-ring (bicyclic) bond motifs is 1. The number of rotatable bonds is 6. The second-order valence-corrected chi connectivity index (χ2v) is 7.09. The maximum atomic E-state index is 13.5. The Bertz CT molecular complexity index is 892. The molecule has 0 aliphatic carbocycles. The van der Waals surface area contributed by atoms with Crippen LogP contribution in [0.2, 0.25) is 0 Å². The van der Waals surface area contributed by atoms with E-state index in [-0.39, 0.29) is 11.9 Å². The van der Waals surface area contributed by atoms with Gasteiger partial charge in [-0.3, -0.25) is 0 Å². The van der Waals surface area contributed by atoms with Crippen LogP contribution in [0.25, 0.3) is 0 Å². The molecular weight excluding hydrogens is 390 g/mol. The Kier molecular flexibility index (Phi) is 7.15. The lowest BCUT2D eigenvalue weighted by Crippen LogP contribution is -2.33. The summed E-state index contributed by atoms with van der Waals surface area (Å²) in [6.07, 6.45) is 7.13. The molecule has 1 aromatic carbocycles. The predicted octanol–water partition coefficient (Wildman–Crippen LogP) is 5.49. The second kappa shape index (κ2) is 9.80. The highest BCUT2D eigenvalue weighted by atomic mass is 19.3. The molecule has 30 heavy (non-hydrogen) atoms. The number of aryl methyl sites for hydroxylation is 1. The Hall–Kier alpha value is -2.80. The Morgan fingerprint density at radius 1 is 1.23 bits per heavy atom. The first kappa shape index (κ1) is 21.9. The van der Waals surface area contributed by atoms with Gasteiger partial charge in [-0.25, -0.2) is 9.45 Å². The van der Waals surface area contributed by atoms with Crippen LogP contribution in [-0.2, 0) is 9.78 Å². The van der Waals surface area contributed by atoms with E-state index in [0.717, 1.165) is 28.0 Å². The average Bonchev–Trinajstić information content (AvgIpc) is 3.32. The molecule has 7 heteroatoms. The van der Waals surface area contributed by atoms with E-state index in [1.165, 1.54) is 17.3 Å². The number of nitrogens with zero attached hydrogens (tertiary/aromatic N) is 1. The standard InChI is InChI=1S/C21H22F2N2O3.C2H6/c1-13-7-15(4-6-19(13)26-2)21-20-16(12-27-21)9-18(25(20)28-23)5-3-14-8-17(22)11-24-10-14;1-2/h4,6-9,11-12,20-21,24H,3,5,10H2,1-2H3;1-2H3. The summed E-state index contributed by atoms with van der Waals surface area (Å²) >= 11 is 0. The van der Waals surface area contributed by atoms with Gasteiger partial charge in [-0.15, -0.1) is 0 Å². The van der Waals surface area contributed by atoms with E-state index in [4.69, 9.17) is 9.47 Å². The molecule has 2 unspecified atom stereocenters. The van der Waals surface area contributed by atoms with Crippen molar-refractivity contribution in [3.05, 3.63) is 76.6 Å². The van der Waals surface area contributed by atoms with Crippen LogP contribution in [0, 0.1) is 6.92 Å². The second-order valence-electron chi connectivity index (χ2n) is 7.09. The van der Waals surface area contributed by atoms with E-state index < -0.39 is 6.04 Å². The maximum absolute atomic E-state index is 13.5. The lowest BCUT2D eigenvalue weighted by Gasteiger charge is -2.27. The minimum Gasteiger partial charge on any atom is -0.496 e. The molecule has 0 bridgehead atoms. The Balaban J connectivity index is 0.00000124. The van der Waals surface area contributed by atoms with E-state index in [1.807, 2.05) is 45.0 Å². The van der Waals surface area contributed by atoms with Crippen molar-refractivity contribution >= 4 is 0 Å². The number of halogens is 2. The van der Waals surface area contributed by atoms with Crippen molar-refractivity contribution in [1.82, 2.24) is 10.4 Å². The van der Waals surface area contributed by atoms with Crippen LogP contribution in [0.4, 0.5) is 8.92 Å². The van der Waals surface area contributed by atoms with Gasteiger partial charge in [-0.1, -0.05) is 25.0 Å². The van der Waals surface area contributed by atoms with Crippen molar-refractivity contribution < 1.29 is 23.4 Å². The summed E-state index contributed by atoms with van der Waals surface area (Å²) in [6, 6.07) is 5.36. The highest BCUT2D eigenvalue weighted by Crippen LogP contribution is 2.44. The Labute approximate surface area is 176 Å². The van der Waals surface area contributed by atoms with Crippen molar-refractivity contribution in [2.45, 2.75) is 45.8 Å². The summed E-state index contributed by atoms with van der Waals surface area (Å²) in [5.41, 5.74) is 4.37. The number of benzene rings is 1. The molecule has 0 fully saturated rings. The van der Waals surface area contributed by atoms with Crippen LogP contribution in [-0.4, -0.2) is 24.8 Å². The largest absolute Gasteiger partial charge is 0.496 e. The van der Waals surface area contributed by atoms with Crippen molar-refractivity contribution in [3.63, 3.8) is 0 Å². The number of hydrogen-bond acceptors (Lipinski definition) is 5. The van der Waals surface area contributed by atoms with Gasteiger partial charge in [0.2, 0.25) is 0 Å². The molecule has 3 aliphatic rings. The van der Waals surface area contributed by atoms with Crippen LogP contribution in [0.5, 0.6) is 5.75 Å². The fourth-order valence-electron chi connectivity index (χ4n) is 3.91. The Morgan fingerprint density at radius 2 is 2.03 bits per heavy atom. The first-order chi connectivity index (χ1) is 14.6. The molecule has 0 saturated carbocycles. The van der Waals surface area contributed by atoms with Gasteiger partial charge in [-0.05, 0) is 65.3 Å². The van der Waals surface area contributed by atoms with Crippen molar-refractivity contribution in [2.24, 2.45) is 0 Å². The maximum Gasteiger partial charge on any atom is 0.150 e. The summed E-state index contributed by atoms with van der Waals surface area (Å²) < 4.78 is 38.0.